The van der Waals surface area contributed by atoms with E-state index in [2.05, 4.69) is 16.8 Å². The first-order valence-corrected chi connectivity index (χ1v) is 7.72. The minimum atomic E-state index is -0.330. The van der Waals surface area contributed by atoms with Crippen molar-refractivity contribution in [1.29, 1.82) is 0 Å². The number of piperidine rings is 1. The van der Waals surface area contributed by atoms with Gasteiger partial charge in [0.1, 0.15) is 0 Å². The third-order valence-electron chi connectivity index (χ3n) is 3.90. The molecule has 2 heterocycles. The Kier molecular flexibility index (Phi) is 4.93. The zero-order chi connectivity index (χ0) is 13.8. The van der Waals surface area contributed by atoms with Gasteiger partial charge in [0.15, 0.2) is 0 Å². The molecule has 5 heteroatoms. The van der Waals surface area contributed by atoms with Crippen LogP contribution in [0.5, 0.6) is 0 Å². The van der Waals surface area contributed by atoms with Crippen LogP contribution in [-0.4, -0.2) is 36.1 Å². The summed E-state index contributed by atoms with van der Waals surface area (Å²) in [5.41, 5.74) is 0.961. The van der Waals surface area contributed by atoms with Crippen molar-refractivity contribution in [2.24, 2.45) is 5.92 Å². The standard InChI is InChI=1S/C14H22N2O2S/c1-4-11-5-7-16(8-6-11)9-12-10(2)15-13(19-12)14(17)18-3/h11H,4-9H2,1-3H3. The Hall–Kier alpha value is -0.940. The molecule has 106 valence electrons. The number of rotatable bonds is 4. The van der Waals surface area contributed by atoms with Crippen LogP contribution >= 0.6 is 11.3 Å². The molecule has 0 amide bonds. The van der Waals surface area contributed by atoms with Crippen LogP contribution in [0.15, 0.2) is 0 Å². The van der Waals surface area contributed by atoms with Crippen LogP contribution in [0.2, 0.25) is 0 Å². The molecule has 0 atom stereocenters. The number of likely N-dealkylation sites (tertiary alicyclic amines) is 1. The zero-order valence-corrected chi connectivity index (χ0v) is 12.8. The van der Waals surface area contributed by atoms with Gasteiger partial charge >= 0.3 is 5.97 Å². The third-order valence-corrected chi connectivity index (χ3v) is 5.03. The van der Waals surface area contributed by atoms with Gasteiger partial charge in [0.25, 0.3) is 0 Å². The average molecular weight is 282 g/mol. The Morgan fingerprint density at radius 1 is 1.47 bits per heavy atom. The van der Waals surface area contributed by atoms with Gasteiger partial charge in [-0.15, -0.1) is 11.3 Å². The van der Waals surface area contributed by atoms with E-state index in [-0.39, 0.29) is 5.97 Å². The van der Waals surface area contributed by atoms with Crippen molar-refractivity contribution in [3.05, 3.63) is 15.6 Å². The summed E-state index contributed by atoms with van der Waals surface area (Å²) in [5, 5.41) is 0.471. The lowest BCUT2D eigenvalue weighted by molar-refractivity contribution is 0.0600. The molecule has 0 unspecified atom stereocenters. The van der Waals surface area contributed by atoms with Crippen molar-refractivity contribution in [1.82, 2.24) is 9.88 Å². The summed E-state index contributed by atoms with van der Waals surface area (Å²) in [6.07, 6.45) is 3.87. The smallest absolute Gasteiger partial charge is 0.367 e. The number of thiazole rings is 1. The van der Waals surface area contributed by atoms with E-state index in [1.54, 1.807) is 0 Å². The number of aromatic nitrogens is 1. The highest BCUT2D eigenvalue weighted by atomic mass is 32.1. The summed E-state index contributed by atoms with van der Waals surface area (Å²) < 4.78 is 4.72. The lowest BCUT2D eigenvalue weighted by Gasteiger charge is -2.31. The highest BCUT2D eigenvalue weighted by Crippen LogP contribution is 2.25. The Bertz CT molecular complexity index is 437. The fraction of sp³-hybridized carbons (Fsp3) is 0.714. The molecular weight excluding hydrogens is 260 g/mol. The summed E-state index contributed by atoms with van der Waals surface area (Å²) in [5.74, 6) is 0.563. The average Bonchev–Trinajstić information content (AvgIpc) is 2.80. The van der Waals surface area contributed by atoms with Gasteiger partial charge < -0.3 is 4.74 Å². The molecule has 1 fully saturated rings. The number of carbonyl (C=O) groups is 1. The molecule has 0 N–H and O–H groups in total. The molecule has 19 heavy (non-hydrogen) atoms. The molecule has 0 saturated carbocycles. The number of aryl methyl sites for hydroxylation is 1. The van der Waals surface area contributed by atoms with Gasteiger partial charge in [0.2, 0.25) is 5.01 Å². The number of esters is 1. The number of nitrogens with zero attached hydrogens (tertiary/aromatic N) is 2. The first-order chi connectivity index (χ1) is 9.13. The van der Waals surface area contributed by atoms with E-state index in [0.29, 0.717) is 5.01 Å². The monoisotopic (exact) mass is 282 g/mol. The predicted octanol–water partition coefficient (Wildman–Crippen LogP) is 2.86. The number of hydrogen-bond donors (Lipinski definition) is 0. The van der Waals surface area contributed by atoms with E-state index in [4.69, 9.17) is 4.74 Å². The molecule has 1 aromatic rings. The van der Waals surface area contributed by atoms with Crippen molar-refractivity contribution < 1.29 is 9.53 Å². The van der Waals surface area contributed by atoms with Gasteiger partial charge in [-0.2, -0.15) is 0 Å². The summed E-state index contributed by atoms with van der Waals surface area (Å²) in [6.45, 7) is 7.47. The second-order valence-corrected chi connectivity index (χ2v) is 6.23. The molecule has 1 aliphatic rings. The van der Waals surface area contributed by atoms with Gasteiger partial charge in [-0.05, 0) is 38.8 Å². The van der Waals surface area contributed by atoms with Crippen LogP contribution in [0.4, 0.5) is 0 Å². The Morgan fingerprint density at radius 3 is 2.74 bits per heavy atom. The van der Waals surface area contributed by atoms with Crippen molar-refractivity contribution in [2.45, 2.75) is 39.7 Å². The molecule has 0 aliphatic carbocycles. The first kappa shape index (κ1) is 14.5. The van der Waals surface area contributed by atoms with Crippen molar-refractivity contribution in [2.75, 3.05) is 20.2 Å². The zero-order valence-electron chi connectivity index (χ0n) is 11.9. The third kappa shape index (κ3) is 3.54. The van der Waals surface area contributed by atoms with Crippen LogP contribution in [0, 0.1) is 12.8 Å². The van der Waals surface area contributed by atoms with E-state index in [0.717, 1.165) is 31.2 Å². The minimum absolute atomic E-state index is 0.330. The lowest BCUT2D eigenvalue weighted by atomic mass is 9.94. The predicted molar refractivity (Wildman–Crippen MR) is 76.5 cm³/mol. The van der Waals surface area contributed by atoms with Gasteiger partial charge in [-0.1, -0.05) is 13.3 Å². The van der Waals surface area contributed by atoms with Crippen molar-refractivity contribution in [3.63, 3.8) is 0 Å². The molecule has 0 spiro atoms. The van der Waals surface area contributed by atoms with E-state index in [1.807, 2.05) is 6.92 Å². The summed E-state index contributed by atoms with van der Waals surface area (Å²) in [6, 6.07) is 0. The van der Waals surface area contributed by atoms with Gasteiger partial charge in [-0.3, -0.25) is 4.90 Å². The van der Waals surface area contributed by atoms with Gasteiger partial charge in [-0.25, -0.2) is 9.78 Å². The number of hydrogen-bond acceptors (Lipinski definition) is 5. The normalized spacial score (nSPS) is 17.6. The largest absolute Gasteiger partial charge is 0.464 e. The summed E-state index contributed by atoms with van der Waals surface area (Å²) in [4.78, 5) is 19.4. The number of carbonyl (C=O) groups excluding carboxylic acids is 1. The van der Waals surface area contributed by atoms with Crippen LogP contribution in [0.25, 0.3) is 0 Å². The highest BCUT2D eigenvalue weighted by molar-refractivity contribution is 7.13. The molecule has 1 aliphatic heterocycles. The first-order valence-electron chi connectivity index (χ1n) is 6.91. The fourth-order valence-electron chi connectivity index (χ4n) is 2.51. The van der Waals surface area contributed by atoms with Crippen LogP contribution in [0.3, 0.4) is 0 Å². The van der Waals surface area contributed by atoms with Gasteiger partial charge in [0, 0.05) is 11.4 Å². The maximum Gasteiger partial charge on any atom is 0.367 e. The molecule has 2 rings (SSSR count). The molecule has 0 aromatic carbocycles. The molecular formula is C14H22N2O2S. The van der Waals surface area contributed by atoms with Crippen molar-refractivity contribution in [3.8, 4) is 0 Å². The number of methoxy groups -OCH3 is 1. The molecule has 4 nitrogen and oxygen atoms in total. The Balaban J connectivity index is 1.96. The minimum Gasteiger partial charge on any atom is -0.464 e. The molecule has 1 aromatic heterocycles. The second kappa shape index (κ2) is 6.48. The quantitative estimate of drug-likeness (QED) is 0.796. The molecule has 0 radical (unpaired) electrons. The topological polar surface area (TPSA) is 42.4 Å². The van der Waals surface area contributed by atoms with Crippen molar-refractivity contribution >= 4 is 17.3 Å². The lowest BCUT2D eigenvalue weighted by Crippen LogP contribution is -2.32. The maximum atomic E-state index is 11.5. The van der Waals surface area contributed by atoms with E-state index < -0.39 is 0 Å². The second-order valence-electron chi connectivity index (χ2n) is 5.15. The molecule has 1 saturated heterocycles. The molecule has 0 bridgehead atoms. The number of ether oxygens (including phenoxy) is 1. The van der Waals surface area contributed by atoms with E-state index in [9.17, 15) is 4.79 Å². The Morgan fingerprint density at radius 2 is 2.16 bits per heavy atom. The highest BCUT2D eigenvalue weighted by Gasteiger charge is 2.21. The fourth-order valence-corrected chi connectivity index (χ4v) is 3.53. The van der Waals surface area contributed by atoms with Crippen LogP contribution in [0.1, 0.15) is 46.6 Å². The van der Waals surface area contributed by atoms with Crippen LogP contribution in [-0.2, 0) is 11.3 Å². The van der Waals surface area contributed by atoms with Crippen LogP contribution < -0.4 is 0 Å². The van der Waals surface area contributed by atoms with Gasteiger partial charge in [0.05, 0.1) is 12.8 Å². The summed E-state index contributed by atoms with van der Waals surface area (Å²) in [7, 11) is 1.40. The van der Waals surface area contributed by atoms with E-state index in [1.165, 1.54) is 42.6 Å². The SMILES string of the molecule is CCC1CCN(Cc2sc(C(=O)OC)nc2C)CC1. The van der Waals surface area contributed by atoms with E-state index >= 15 is 0 Å². The maximum absolute atomic E-state index is 11.5. The summed E-state index contributed by atoms with van der Waals surface area (Å²) >= 11 is 1.47. The Labute approximate surface area is 118 Å².